The Morgan fingerprint density at radius 2 is 1.80 bits per heavy atom. The molecule has 100 valence electrons. The molecule has 0 aliphatic heterocycles. The maximum atomic E-state index is 6.22. The largest absolute Gasteiger partial charge is 0.496 e. The molecule has 0 fully saturated rings. The van der Waals surface area contributed by atoms with Gasteiger partial charge in [-0.05, 0) is 30.3 Å². The number of hydrogen-bond donors (Lipinski definition) is 0. The van der Waals surface area contributed by atoms with Crippen molar-refractivity contribution in [3.05, 3.63) is 52.6 Å². The van der Waals surface area contributed by atoms with Gasteiger partial charge in [-0.25, -0.2) is 9.97 Å². The molecule has 0 atom stereocenters. The molecule has 0 amide bonds. The lowest BCUT2D eigenvalue weighted by Gasteiger charge is -2.08. The van der Waals surface area contributed by atoms with E-state index < -0.39 is 0 Å². The van der Waals surface area contributed by atoms with Gasteiger partial charge in [0.1, 0.15) is 10.9 Å². The van der Waals surface area contributed by atoms with E-state index in [9.17, 15) is 0 Å². The van der Waals surface area contributed by atoms with Crippen molar-refractivity contribution in [3.8, 4) is 17.1 Å². The molecule has 0 radical (unpaired) electrons. The Labute approximate surface area is 126 Å². The first-order valence-corrected chi connectivity index (χ1v) is 6.71. The van der Waals surface area contributed by atoms with Crippen molar-refractivity contribution in [1.29, 1.82) is 0 Å². The standard InChI is InChI=1S/C15H10Cl2N2O/c1-20-13-5-3-2-4-11(13)15-18-12-8-9(16)6-7-10(12)14(17)19-15/h2-8H,1H3. The predicted molar refractivity (Wildman–Crippen MR) is 81.5 cm³/mol. The minimum Gasteiger partial charge on any atom is -0.496 e. The van der Waals surface area contributed by atoms with E-state index in [4.69, 9.17) is 27.9 Å². The number of ether oxygens (including phenoxy) is 1. The van der Waals surface area contributed by atoms with Gasteiger partial charge in [-0.1, -0.05) is 35.3 Å². The molecular formula is C15H10Cl2N2O. The van der Waals surface area contributed by atoms with Crippen LogP contribution in [0.15, 0.2) is 42.5 Å². The van der Waals surface area contributed by atoms with Crippen LogP contribution in [0, 0.1) is 0 Å². The van der Waals surface area contributed by atoms with Crippen LogP contribution in [0.4, 0.5) is 0 Å². The van der Waals surface area contributed by atoms with E-state index in [1.54, 1.807) is 19.2 Å². The third-order valence-corrected chi connectivity index (χ3v) is 3.48. The second-order valence-electron chi connectivity index (χ2n) is 4.20. The van der Waals surface area contributed by atoms with Gasteiger partial charge in [-0.2, -0.15) is 0 Å². The Balaban J connectivity index is 2.26. The molecule has 0 N–H and O–H groups in total. The van der Waals surface area contributed by atoms with E-state index in [1.165, 1.54) is 0 Å². The van der Waals surface area contributed by atoms with Crippen molar-refractivity contribution in [3.63, 3.8) is 0 Å². The van der Waals surface area contributed by atoms with E-state index >= 15 is 0 Å². The van der Waals surface area contributed by atoms with Crippen LogP contribution in [0.1, 0.15) is 0 Å². The van der Waals surface area contributed by atoms with Crippen LogP contribution in [0.2, 0.25) is 10.2 Å². The molecule has 0 aliphatic rings. The molecule has 1 aromatic heterocycles. The zero-order valence-electron chi connectivity index (χ0n) is 10.6. The number of fused-ring (bicyclic) bond motifs is 1. The molecule has 0 saturated heterocycles. The van der Waals surface area contributed by atoms with Crippen LogP contribution in [0.5, 0.6) is 5.75 Å². The maximum absolute atomic E-state index is 6.22. The number of halogens is 2. The summed E-state index contributed by atoms with van der Waals surface area (Å²) >= 11 is 12.2. The van der Waals surface area contributed by atoms with Crippen molar-refractivity contribution in [1.82, 2.24) is 9.97 Å². The number of hydrogen-bond acceptors (Lipinski definition) is 3. The minimum atomic E-state index is 0.396. The van der Waals surface area contributed by atoms with Crippen LogP contribution >= 0.6 is 23.2 Å². The first-order valence-electron chi connectivity index (χ1n) is 5.95. The molecule has 2 aromatic carbocycles. The topological polar surface area (TPSA) is 35.0 Å². The lowest BCUT2D eigenvalue weighted by Crippen LogP contribution is -1.94. The smallest absolute Gasteiger partial charge is 0.165 e. The number of benzene rings is 2. The van der Waals surface area contributed by atoms with Crippen molar-refractivity contribution in [2.75, 3.05) is 7.11 Å². The number of nitrogens with zero attached hydrogens (tertiary/aromatic N) is 2. The van der Waals surface area contributed by atoms with Gasteiger partial charge in [0.05, 0.1) is 18.2 Å². The molecular weight excluding hydrogens is 295 g/mol. The molecule has 20 heavy (non-hydrogen) atoms. The van der Waals surface area contributed by atoms with E-state index in [2.05, 4.69) is 9.97 Å². The second-order valence-corrected chi connectivity index (χ2v) is 4.99. The average Bonchev–Trinajstić information content (AvgIpc) is 2.46. The molecule has 0 aliphatic carbocycles. The van der Waals surface area contributed by atoms with E-state index in [0.29, 0.717) is 27.3 Å². The molecule has 0 saturated carbocycles. The monoisotopic (exact) mass is 304 g/mol. The summed E-state index contributed by atoms with van der Waals surface area (Å²) in [7, 11) is 1.61. The highest BCUT2D eigenvalue weighted by atomic mass is 35.5. The Morgan fingerprint density at radius 3 is 2.60 bits per heavy atom. The average molecular weight is 305 g/mol. The summed E-state index contributed by atoms with van der Waals surface area (Å²) in [5.41, 5.74) is 1.50. The fraction of sp³-hybridized carbons (Fsp3) is 0.0667. The zero-order valence-corrected chi connectivity index (χ0v) is 12.1. The van der Waals surface area contributed by atoms with Crippen molar-refractivity contribution in [2.24, 2.45) is 0 Å². The molecule has 3 aromatic rings. The normalized spacial score (nSPS) is 10.8. The maximum Gasteiger partial charge on any atom is 0.165 e. The fourth-order valence-electron chi connectivity index (χ4n) is 2.01. The van der Waals surface area contributed by atoms with Crippen LogP contribution < -0.4 is 4.74 Å². The van der Waals surface area contributed by atoms with Gasteiger partial charge in [0.2, 0.25) is 0 Å². The Bertz CT molecular complexity index is 790. The third-order valence-electron chi connectivity index (χ3n) is 2.96. The molecule has 0 spiro atoms. The highest BCUT2D eigenvalue weighted by Crippen LogP contribution is 2.31. The lowest BCUT2D eigenvalue weighted by molar-refractivity contribution is 0.416. The molecule has 3 nitrogen and oxygen atoms in total. The summed E-state index contributed by atoms with van der Waals surface area (Å²) in [6, 6.07) is 12.9. The van der Waals surface area contributed by atoms with Crippen LogP contribution in [-0.2, 0) is 0 Å². The second kappa shape index (κ2) is 5.27. The molecule has 5 heteroatoms. The van der Waals surface area contributed by atoms with Gasteiger partial charge < -0.3 is 4.74 Å². The number of para-hydroxylation sites is 1. The van der Waals surface area contributed by atoms with Gasteiger partial charge in [0, 0.05) is 10.4 Å². The van der Waals surface area contributed by atoms with Crippen LogP contribution in [-0.4, -0.2) is 17.1 Å². The number of aromatic nitrogens is 2. The quantitative estimate of drug-likeness (QED) is 0.648. The van der Waals surface area contributed by atoms with Crippen molar-refractivity contribution < 1.29 is 4.74 Å². The summed E-state index contributed by atoms with van der Waals surface area (Å²) in [4.78, 5) is 8.86. The third kappa shape index (κ3) is 2.30. The molecule has 1 heterocycles. The Hall–Kier alpha value is -1.84. The highest BCUT2D eigenvalue weighted by molar-refractivity contribution is 6.35. The van der Waals surface area contributed by atoms with Gasteiger partial charge >= 0.3 is 0 Å². The molecule has 3 rings (SSSR count). The number of rotatable bonds is 2. The first kappa shape index (κ1) is 13.2. The fourth-order valence-corrected chi connectivity index (χ4v) is 2.42. The minimum absolute atomic E-state index is 0.396. The highest BCUT2D eigenvalue weighted by Gasteiger charge is 2.11. The first-order chi connectivity index (χ1) is 9.69. The van der Waals surface area contributed by atoms with Gasteiger partial charge in [0.25, 0.3) is 0 Å². The SMILES string of the molecule is COc1ccccc1-c1nc(Cl)c2ccc(Cl)cc2n1. The molecule has 0 bridgehead atoms. The number of methoxy groups -OCH3 is 1. The summed E-state index contributed by atoms with van der Waals surface area (Å²) in [6.07, 6.45) is 0. The van der Waals surface area contributed by atoms with Crippen molar-refractivity contribution in [2.45, 2.75) is 0 Å². The Morgan fingerprint density at radius 1 is 1.00 bits per heavy atom. The summed E-state index contributed by atoms with van der Waals surface area (Å²) < 4.78 is 5.33. The van der Waals surface area contributed by atoms with Crippen LogP contribution in [0.3, 0.4) is 0 Å². The van der Waals surface area contributed by atoms with Crippen LogP contribution in [0.25, 0.3) is 22.3 Å². The lowest BCUT2D eigenvalue weighted by atomic mass is 10.1. The van der Waals surface area contributed by atoms with E-state index in [-0.39, 0.29) is 0 Å². The van der Waals surface area contributed by atoms with Gasteiger partial charge in [0.15, 0.2) is 5.82 Å². The summed E-state index contributed by atoms with van der Waals surface area (Å²) in [5, 5.41) is 1.78. The van der Waals surface area contributed by atoms with E-state index in [1.807, 2.05) is 30.3 Å². The van der Waals surface area contributed by atoms with Gasteiger partial charge in [-0.3, -0.25) is 0 Å². The predicted octanol–water partition coefficient (Wildman–Crippen LogP) is 4.61. The van der Waals surface area contributed by atoms with E-state index in [0.717, 1.165) is 10.9 Å². The van der Waals surface area contributed by atoms with Crippen molar-refractivity contribution >= 4 is 34.1 Å². The Kier molecular flexibility index (Phi) is 3.47. The summed E-state index contributed by atoms with van der Waals surface area (Å²) in [6.45, 7) is 0. The van der Waals surface area contributed by atoms with Gasteiger partial charge in [-0.15, -0.1) is 0 Å². The summed E-state index contributed by atoms with van der Waals surface area (Å²) in [5.74, 6) is 1.21. The molecule has 0 unspecified atom stereocenters. The zero-order chi connectivity index (χ0) is 14.1.